The maximum Gasteiger partial charge on any atom is 0.124 e. The number of hydrogen-bond acceptors (Lipinski definition) is 1. The second-order valence-electron chi connectivity index (χ2n) is 4.62. The van der Waals surface area contributed by atoms with Gasteiger partial charge in [-0.05, 0) is 37.0 Å². The van der Waals surface area contributed by atoms with Crippen molar-refractivity contribution in [1.82, 2.24) is 0 Å². The summed E-state index contributed by atoms with van der Waals surface area (Å²) in [6.07, 6.45) is 0. The molecule has 0 aliphatic heterocycles. The molecule has 0 saturated carbocycles. The van der Waals surface area contributed by atoms with Crippen molar-refractivity contribution in [2.24, 2.45) is 11.8 Å². The average Bonchev–Trinajstić information content (AvgIpc) is 2.29. The van der Waals surface area contributed by atoms with Crippen molar-refractivity contribution in [2.45, 2.75) is 33.1 Å². The molecule has 1 aromatic rings. The summed E-state index contributed by atoms with van der Waals surface area (Å²) in [5.74, 6) is 1.85. The van der Waals surface area contributed by atoms with Crippen LogP contribution >= 0.6 is 27.5 Å². The second-order valence-corrected chi connectivity index (χ2v) is 6.01. The molecular weight excluding hydrogens is 300 g/mol. The molecule has 0 fully saturated rings. The molecule has 0 aliphatic carbocycles. The van der Waals surface area contributed by atoms with Crippen LogP contribution in [0.5, 0.6) is 5.75 Å². The normalized spacial score (nSPS) is 14.8. The maximum absolute atomic E-state index is 6.56. The Balaban J connectivity index is 3.05. The Morgan fingerprint density at radius 1 is 1.29 bits per heavy atom. The monoisotopic (exact) mass is 318 g/mol. The van der Waals surface area contributed by atoms with E-state index in [2.05, 4.69) is 42.8 Å². The van der Waals surface area contributed by atoms with Crippen molar-refractivity contribution in [1.29, 1.82) is 0 Å². The van der Waals surface area contributed by atoms with Crippen molar-refractivity contribution in [2.75, 3.05) is 6.61 Å². The fourth-order valence-corrected chi connectivity index (χ4v) is 2.48. The lowest BCUT2D eigenvalue weighted by Crippen LogP contribution is -2.12. The van der Waals surface area contributed by atoms with E-state index in [1.165, 1.54) is 0 Å². The molecule has 3 heteroatoms. The highest BCUT2D eigenvalue weighted by molar-refractivity contribution is 9.10. The van der Waals surface area contributed by atoms with E-state index in [9.17, 15) is 0 Å². The van der Waals surface area contributed by atoms with Gasteiger partial charge in [0, 0.05) is 10.0 Å². The van der Waals surface area contributed by atoms with Crippen LogP contribution in [0.1, 0.15) is 38.6 Å². The third kappa shape index (κ3) is 3.89. The maximum atomic E-state index is 6.56. The van der Waals surface area contributed by atoms with Crippen LogP contribution in [-0.4, -0.2) is 6.61 Å². The van der Waals surface area contributed by atoms with Crippen LogP contribution in [-0.2, 0) is 0 Å². The van der Waals surface area contributed by atoms with Crippen molar-refractivity contribution in [3.63, 3.8) is 0 Å². The van der Waals surface area contributed by atoms with Gasteiger partial charge in [-0.1, -0.05) is 36.7 Å². The smallest absolute Gasteiger partial charge is 0.124 e. The Kier molecular flexibility index (Phi) is 5.81. The van der Waals surface area contributed by atoms with Gasteiger partial charge in [0.25, 0.3) is 0 Å². The summed E-state index contributed by atoms with van der Waals surface area (Å²) in [6.45, 7) is 9.21. The Bertz CT molecular complexity index is 365. The standard InChI is InChI=1S/C14H20BrClO/c1-5-17-13-7-6-11(15)8-12(13)14(16)10(4)9(2)3/h6-10,14H,5H2,1-4H3. The molecule has 2 unspecified atom stereocenters. The predicted octanol–water partition coefficient (Wildman–Crippen LogP) is 5.42. The minimum absolute atomic E-state index is 0.0194. The molecule has 17 heavy (non-hydrogen) atoms. The highest BCUT2D eigenvalue weighted by Gasteiger charge is 2.23. The molecule has 0 aromatic heterocycles. The number of ether oxygens (including phenoxy) is 1. The van der Waals surface area contributed by atoms with E-state index in [1.807, 2.05) is 19.1 Å². The second kappa shape index (κ2) is 6.65. The zero-order valence-electron chi connectivity index (χ0n) is 10.8. The summed E-state index contributed by atoms with van der Waals surface area (Å²) < 4.78 is 6.68. The fourth-order valence-electron chi connectivity index (χ4n) is 1.64. The van der Waals surface area contributed by atoms with Gasteiger partial charge in [-0.25, -0.2) is 0 Å². The Morgan fingerprint density at radius 2 is 1.94 bits per heavy atom. The summed E-state index contributed by atoms with van der Waals surface area (Å²) >= 11 is 10.1. The first-order valence-electron chi connectivity index (χ1n) is 6.03. The van der Waals surface area contributed by atoms with Gasteiger partial charge in [0.05, 0.1) is 12.0 Å². The molecule has 0 N–H and O–H groups in total. The predicted molar refractivity (Wildman–Crippen MR) is 77.9 cm³/mol. The van der Waals surface area contributed by atoms with Crippen molar-refractivity contribution in [3.8, 4) is 5.75 Å². The number of rotatable bonds is 5. The topological polar surface area (TPSA) is 9.23 Å². The molecule has 96 valence electrons. The molecule has 2 atom stereocenters. The molecule has 0 amide bonds. The summed E-state index contributed by atoms with van der Waals surface area (Å²) in [5, 5.41) is -0.0194. The Labute approximate surface area is 118 Å². The molecule has 0 heterocycles. The Hall–Kier alpha value is -0.210. The molecule has 0 bridgehead atoms. The van der Waals surface area contributed by atoms with Crippen LogP contribution in [0, 0.1) is 11.8 Å². The lowest BCUT2D eigenvalue weighted by molar-refractivity contribution is 0.328. The van der Waals surface area contributed by atoms with Crippen LogP contribution in [0.25, 0.3) is 0 Å². The van der Waals surface area contributed by atoms with Gasteiger partial charge >= 0.3 is 0 Å². The van der Waals surface area contributed by atoms with Gasteiger partial charge in [0.1, 0.15) is 5.75 Å². The summed E-state index contributed by atoms with van der Waals surface area (Å²) in [5.41, 5.74) is 1.07. The third-order valence-corrected chi connectivity index (χ3v) is 4.21. The molecule has 0 spiro atoms. The molecule has 0 radical (unpaired) electrons. The fraction of sp³-hybridized carbons (Fsp3) is 0.571. The van der Waals surface area contributed by atoms with Crippen LogP contribution < -0.4 is 4.74 Å². The number of benzene rings is 1. The van der Waals surface area contributed by atoms with E-state index < -0.39 is 0 Å². The minimum atomic E-state index is -0.0194. The van der Waals surface area contributed by atoms with E-state index in [0.717, 1.165) is 15.8 Å². The van der Waals surface area contributed by atoms with Gasteiger partial charge in [-0.3, -0.25) is 0 Å². The minimum Gasteiger partial charge on any atom is -0.494 e. The van der Waals surface area contributed by atoms with Crippen molar-refractivity contribution < 1.29 is 4.74 Å². The quantitative estimate of drug-likeness (QED) is 0.658. The van der Waals surface area contributed by atoms with Gasteiger partial charge in [-0.2, -0.15) is 0 Å². The van der Waals surface area contributed by atoms with Crippen LogP contribution in [0.15, 0.2) is 22.7 Å². The number of alkyl halides is 1. The lowest BCUT2D eigenvalue weighted by Gasteiger charge is -2.24. The SMILES string of the molecule is CCOc1ccc(Br)cc1C(Cl)C(C)C(C)C. The van der Waals surface area contributed by atoms with Crippen LogP contribution in [0.4, 0.5) is 0 Å². The summed E-state index contributed by atoms with van der Waals surface area (Å²) in [6, 6.07) is 6.02. The van der Waals surface area contributed by atoms with E-state index in [-0.39, 0.29) is 5.38 Å². The summed E-state index contributed by atoms with van der Waals surface area (Å²) in [7, 11) is 0. The number of hydrogen-bond donors (Lipinski definition) is 0. The highest BCUT2D eigenvalue weighted by Crippen LogP contribution is 2.39. The molecule has 1 aromatic carbocycles. The zero-order chi connectivity index (χ0) is 13.0. The van der Waals surface area contributed by atoms with E-state index in [4.69, 9.17) is 16.3 Å². The van der Waals surface area contributed by atoms with Crippen LogP contribution in [0.2, 0.25) is 0 Å². The molecule has 0 aliphatic rings. The summed E-state index contributed by atoms with van der Waals surface area (Å²) in [4.78, 5) is 0. The molecule has 1 nitrogen and oxygen atoms in total. The first kappa shape index (κ1) is 14.8. The average molecular weight is 320 g/mol. The zero-order valence-corrected chi connectivity index (χ0v) is 13.2. The van der Waals surface area contributed by atoms with E-state index >= 15 is 0 Å². The van der Waals surface area contributed by atoms with Crippen molar-refractivity contribution >= 4 is 27.5 Å². The first-order valence-corrected chi connectivity index (χ1v) is 7.26. The largest absolute Gasteiger partial charge is 0.494 e. The molecule has 1 rings (SSSR count). The van der Waals surface area contributed by atoms with Gasteiger partial charge < -0.3 is 4.74 Å². The van der Waals surface area contributed by atoms with Gasteiger partial charge in [0.15, 0.2) is 0 Å². The molecular formula is C14H20BrClO. The van der Waals surface area contributed by atoms with Gasteiger partial charge in [0.2, 0.25) is 0 Å². The van der Waals surface area contributed by atoms with Gasteiger partial charge in [-0.15, -0.1) is 11.6 Å². The van der Waals surface area contributed by atoms with Crippen molar-refractivity contribution in [3.05, 3.63) is 28.2 Å². The lowest BCUT2D eigenvalue weighted by atomic mass is 9.90. The number of halogens is 2. The van der Waals surface area contributed by atoms with E-state index in [1.54, 1.807) is 0 Å². The third-order valence-electron chi connectivity index (χ3n) is 3.08. The van der Waals surface area contributed by atoms with E-state index in [0.29, 0.717) is 18.4 Å². The highest BCUT2D eigenvalue weighted by atomic mass is 79.9. The van der Waals surface area contributed by atoms with Crippen LogP contribution in [0.3, 0.4) is 0 Å². The first-order chi connectivity index (χ1) is 7.97. The molecule has 0 saturated heterocycles. The Morgan fingerprint density at radius 3 is 2.47 bits per heavy atom.